The highest BCUT2D eigenvalue weighted by atomic mass is 15.0. The predicted octanol–water partition coefficient (Wildman–Crippen LogP) is 28.8. The van der Waals surface area contributed by atoms with Crippen molar-refractivity contribution in [1.82, 2.24) is 39.9 Å². The van der Waals surface area contributed by atoms with E-state index in [1.165, 1.54) is 54.2 Å². The largest absolute Gasteiger partial charge is 0.247 e. The molecule has 0 amide bonds. The summed E-state index contributed by atoms with van der Waals surface area (Å²) < 4.78 is 0. The highest BCUT2D eigenvalue weighted by Gasteiger charge is 2.19. The lowest BCUT2D eigenvalue weighted by Crippen LogP contribution is -2.00. The van der Waals surface area contributed by atoms with Crippen LogP contribution >= 0.6 is 0 Å². The number of benzene rings is 18. The molecule has 22 aromatic rings. The van der Waals surface area contributed by atoms with Gasteiger partial charge in [-0.3, -0.25) is 0 Å². The number of rotatable bonds is 14. The first-order valence-electron chi connectivity index (χ1n) is 40.4. The molecule has 4 aromatic heterocycles. The summed E-state index contributed by atoms with van der Waals surface area (Å²) in [6, 6.07) is 153. The molecular weight excluding hydrogens is 1460 g/mol. The Labute approximate surface area is 694 Å². The summed E-state index contributed by atoms with van der Waals surface area (Å²) in [5.41, 5.74) is 25.6. The van der Waals surface area contributed by atoms with Crippen molar-refractivity contribution in [2.45, 2.75) is 0 Å². The van der Waals surface area contributed by atoms with E-state index in [2.05, 4.69) is 364 Å². The number of aromatic nitrogens is 8. The molecule has 0 unspecified atom stereocenters. The fourth-order valence-corrected chi connectivity index (χ4v) is 16.3. The molecule has 120 heavy (non-hydrogen) atoms. The number of pyridine rings is 2. The lowest BCUT2D eigenvalue weighted by molar-refractivity contribution is 1.07. The van der Waals surface area contributed by atoms with Crippen LogP contribution in [0.1, 0.15) is 0 Å². The molecule has 0 atom stereocenters. The Morgan fingerprint density at radius 3 is 0.850 bits per heavy atom. The zero-order valence-electron chi connectivity index (χ0n) is 65.1. The van der Waals surface area contributed by atoms with Gasteiger partial charge >= 0.3 is 0 Å². The van der Waals surface area contributed by atoms with Gasteiger partial charge in [-0.2, -0.15) is 0 Å². The van der Waals surface area contributed by atoms with Crippen molar-refractivity contribution in [3.8, 4) is 158 Å². The number of para-hydroxylation sites is 1. The van der Waals surface area contributed by atoms with Crippen LogP contribution in [0.25, 0.3) is 222 Å². The van der Waals surface area contributed by atoms with Gasteiger partial charge in [-0.25, -0.2) is 39.9 Å². The summed E-state index contributed by atoms with van der Waals surface area (Å²) >= 11 is 0. The van der Waals surface area contributed by atoms with E-state index in [4.69, 9.17) is 39.9 Å². The van der Waals surface area contributed by atoms with Crippen LogP contribution in [0.3, 0.4) is 0 Å². The van der Waals surface area contributed by atoms with Crippen molar-refractivity contribution in [1.29, 1.82) is 0 Å². The van der Waals surface area contributed by atoms with Gasteiger partial charge in [-0.1, -0.05) is 406 Å². The summed E-state index contributed by atoms with van der Waals surface area (Å²) in [5.74, 6) is 3.84. The zero-order valence-corrected chi connectivity index (χ0v) is 65.1. The van der Waals surface area contributed by atoms with Gasteiger partial charge in [0.15, 0.2) is 34.9 Å². The van der Waals surface area contributed by atoms with E-state index >= 15 is 0 Å². The smallest absolute Gasteiger partial charge is 0.164 e. The predicted molar refractivity (Wildman–Crippen MR) is 496 cm³/mol. The number of nitrogens with zero attached hydrogens (tertiary/aromatic N) is 8. The van der Waals surface area contributed by atoms with Crippen molar-refractivity contribution in [2.24, 2.45) is 0 Å². The standard InChI is InChI=1S/2C56H36N4/c1-3-12-37(13-4-1)38-26-30-43(31-27-38)55-58-54(42-14-5-2-6-15-42)59-56(60-55)44-32-28-40(29-33-44)39-22-24-41(25-23-39)45-18-11-19-48(34-45)53-51-36-47-17-8-7-16-46(47)35-50(51)49-20-9-10-21-52(49)57-53;1-3-9-37(10-4-1)38-21-27-47(28-22-38)55-58-54(46-12-5-2-6-13-46)59-56(60-55)48-29-23-42(24-30-48)40-17-15-39(16-18-40)41-19-25-44(26-20-41)52-36-33-45-32-34-50-49-14-8-7-11-43(49)31-35-51(50)53(45)57-52/h2*1-36H. The van der Waals surface area contributed by atoms with E-state index in [0.717, 1.165) is 133 Å². The van der Waals surface area contributed by atoms with Crippen LogP contribution in [-0.4, -0.2) is 39.9 Å². The minimum atomic E-state index is 0.634. The van der Waals surface area contributed by atoms with Crippen molar-refractivity contribution in [2.75, 3.05) is 0 Å². The van der Waals surface area contributed by atoms with E-state index in [-0.39, 0.29) is 0 Å². The van der Waals surface area contributed by atoms with Crippen molar-refractivity contribution in [3.05, 3.63) is 437 Å². The molecule has 0 spiro atoms. The first-order chi connectivity index (χ1) is 59.4. The molecule has 0 saturated heterocycles. The molecule has 0 fully saturated rings. The second kappa shape index (κ2) is 31.6. The third-order valence-corrected chi connectivity index (χ3v) is 22.7. The zero-order chi connectivity index (χ0) is 79.7. The third kappa shape index (κ3) is 14.4. The lowest BCUT2D eigenvalue weighted by atomic mass is 9.94. The minimum absolute atomic E-state index is 0.634. The number of hydrogen-bond acceptors (Lipinski definition) is 8. The van der Waals surface area contributed by atoms with Gasteiger partial charge < -0.3 is 0 Å². The molecule has 0 N–H and O–H groups in total. The molecule has 560 valence electrons. The van der Waals surface area contributed by atoms with E-state index < -0.39 is 0 Å². The number of hydrogen-bond donors (Lipinski definition) is 0. The number of fused-ring (bicyclic) bond motifs is 9. The Bertz CT molecular complexity index is 7540. The molecule has 0 bridgehead atoms. The Morgan fingerprint density at radius 1 is 0.125 bits per heavy atom. The Kier molecular flexibility index (Phi) is 18.8. The molecular formula is C112H72N8. The summed E-state index contributed by atoms with van der Waals surface area (Å²) in [4.78, 5) is 40.2. The molecule has 8 heteroatoms. The van der Waals surface area contributed by atoms with Crippen LogP contribution in [0.5, 0.6) is 0 Å². The second-order valence-electron chi connectivity index (χ2n) is 30.1. The van der Waals surface area contributed by atoms with E-state index in [1.807, 2.05) is 72.8 Å². The first-order valence-corrected chi connectivity index (χ1v) is 40.4. The van der Waals surface area contributed by atoms with Crippen LogP contribution < -0.4 is 0 Å². The Balaban J connectivity index is 0.000000148. The maximum atomic E-state index is 5.24. The maximum Gasteiger partial charge on any atom is 0.164 e. The monoisotopic (exact) mass is 1530 g/mol. The maximum absolute atomic E-state index is 5.24. The summed E-state index contributed by atoms with van der Waals surface area (Å²) in [5, 5.41) is 12.0. The average molecular weight is 1530 g/mol. The van der Waals surface area contributed by atoms with Crippen LogP contribution in [-0.2, 0) is 0 Å². The fourth-order valence-electron chi connectivity index (χ4n) is 16.3. The SMILES string of the molecule is c1ccc(-c2ccc(-c3nc(-c4ccccc4)nc(-c4ccc(-c5ccc(-c6ccc(-c7ccc8ccc9c%10ccccc%10ccc9c8n7)cc6)cc5)cc4)n3)cc2)cc1.c1ccc(-c2ccc(-c3nc(-c4ccccc4)nc(-c4ccc(-c5ccc(-c6cccc(-c7nc8ccccc8c8cc9ccccc9cc78)c6)cc5)cc4)n3)cc2)cc1. The molecule has 0 radical (unpaired) electrons. The van der Waals surface area contributed by atoms with Crippen molar-refractivity contribution >= 4 is 64.9 Å². The molecule has 8 nitrogen and oxygen atoms in total. The quantitative estimate of drug-likeness (QED) is 0.0784. The lowest BCUT2D eigenvalue weighted by Gasteiger charge is -2.13. The van der Waals surface area contributed by atoms with Gasteiger partial charge in [0.05, 0.1) is 22.4 Å². The van der Waals surface area contributed by atoms with Gasteiger partial charge in [0.1, 0.15) is 0 Å². The van der Waals surface area contributed by atoms with Crippen molar-refractivity contribution < 1.29 is 0 Å². The van der Waals surface area contributed by atoms with Crippen LogP contribution in [0.2, 0.25) is 0 Å². The van der Waals surface area contributed by atoms with Gasteiger partial charge in [-0.15, -0.1) is 0 Å². The molecule has 4 heterocycles. The minimum Gasteiger partial charge on any atom is -0.247 e. The fraction of sp³-hybridized carbons (Fsp3) is 0. The second-order valence-corrected chi connectivity index (χ2v) is 30.1. The molecule has 22 rings (SSSR count). The topological polar surface area (TPSA) is 103 Å². The molecule has 18 aromatic carbocycles. The van der Waals surface area contributed by atoms with Gasteiger partial charge in [0.25, 0.3) is 0 Å². The third-order valence-electron chi connectivity index (χ3n) is 22.7. The van der Waals surface area contributed by atoms with Gasteiger partial charge in [-0.05, 0) is 129 Å². The summed E-state index contributed by atoms with van der Waals surface area (Å²) in [6.07, 6.45) is 0. The summed E-state index contributed by atoms with van der Waals surface area (Å²) in [6.45, 7) is 0. The normalized spacial score (nSPS) is 11.3. The molecule has 0 saturated carbocycles. The van der Waals surface area contributed by atoms with Gasteiger partial charge in [0.2, 0.25) is 0 Å². The molecule has 0 aliphatic rings. The first kappa shape index (κ1) is 71.6. The average Bonchev–Trinajstić information content (AvgIpc) is 0.748. The highest BCUT2D eigenvalue weighted by Crippen LogP contribution is 2.40. The van der Waals surface area contributed by atoms with E-state index in [1.54, 1.807) is 0 Å². The highest BCUT2D eigenvalue weighted by molar-refractivity contribution is 6.17. The Hall–Kier alpha value is -16.2. The molecule has 0 aliphatic heterocycles. The van der Waals surface area contributed by atoms with Crippen LogP contribution in [0.4, 0.5) is 0 Å². The van der Waals surface area contributed by atoms with Gasteiger partial charge in [0, 0.05) is 66.1 Å². The van der Waals surface area contributed by atoms with E-state index in [0.29, 0.717) is 34.9 Å². The Morgan fingerprint density at radius 2 is 0.417 bits per heavy atom. The van der Waals surface area contributed by atoms with Crippen LogP contribution in [0.15, 0.2) is 437 Å². The molecule has 0 aliphatic carbocycles. The van der Waals surface area contributed by atoms with Crippen LogP contribution in [0, 0.1) is 0 Å². The van der Waals surface area contributed by atoms with Crippen molar-refractivity contribution in [3.63, 3.8) is 0 Å². The summed E-state index contributed by atoms with van der Waals surface area (Å²) in [7, 11) is 0. The van der Waals surface area contributed by atoms with E-state index in [9.17, 15) is 0 Å².